The molecule has 0 radical (unpaired) electrons. The largest absolute Gasteiger partial charge is 0.337 e. The van der Waals surface area contributed by atoms with Crippen molar-refractivity contribution in [2.45, 2.75) is 13.1 Å². The van der Waals surface area contributed by atoms with Gasteiger partial charge >= 0.3 is 0 Å². The van der Waals surface area contributed by atoms with Gasteiger partial charge in [0.05, 0.1) is 12.7 Å². The standard InChI is InChI=1S/C19H18FN3O/c1-22(19(24)17-7-9-18(20)10-8-17)12-16-11-21-23(14-16)13-15-5-3-2-4-6-15/h2-11,14H,12-13H2,1H3. The fraction of sp³-hybridized carbons (Fsp3) is 0.158. The second-order valence-corrected chi connectivity index (χ2v) is 5.70. The van der Waals surface area contributed by atoms with E-state index in [1.54, 1.807) is 18.1 Å². The highest BCUT2D eigenvalue weighted by Crippen LogP contribution is 2.10. The zero-order valence-electron chi connectivity index (χ0n) is 13.4. The van der Waals surface area contributed by atoms with Crippen LogP contribution in [0.2, 0.25) is 0 Å². The van der Waals surface area contributed by atoms with E-state index in [1.165, 1.54) is 29.8 Å². The van der Waals surface area contributed by atoms with Gasteiger partial charge in [-0.05, 0) is 29.8 Å². The Kier molecular flexibility index (Phi) is 4.70. The monoisotopic (exact) mass is 323 g/mol. The third-order valence-electron chi connectivity index (χ3n) is 3.73. The average molecular weight is 323 g/mol. The fourth-order valence-corrected chi connectivity index (χ4v) is 2.50. The summed E-state index contributed by atoms with van der Waals surface area (Å²) in [5, 5.41) is 4.34. The predicted molar refractivity (Wildman–Crippen MR) is 90.0 cm³/mol. The molecule has 0 saturated carbocycles. The van der Waals surface area contributed by atoms with Crippen LogP contribution in [0.1, 0.15) is 21.5 Å². The highest BCUT2D eigenvalue weighted by Gasteiger charge is 2.13. The second-order valence-electron chi connectivity index (χ2n) is 5.70. The van der Waals surface area contributed by atoms with Crippen LogP contribution in [-0.2, 0) is 13.1 Å². The molecule has 0 aliphatic carbocycles. The number of carbonyl (C=O) groups excluding carboxylic acids is 1. The number of aromatic nitrogens is 2. The lowest BCUT2D eigenvalue weighted by molar-refractivity contribution is 0.0785. The van der Waals surface area contributed by atoms with Gasteiger partial charge in [-0.15, -0.1) is 0 Å². The van der Waals surface area contributed by atoms with Crippen LogP contribution in [0.3, 0.4) is 0 Å². The van der Waals surface area contributed by atoms with Crippen LogP contribution in [0.25, 0.3) is 0 Å². The van der Waals surface area contributed by atoms with E-state index in [9.17, 15) is 9.18 Å². The molecule has 0 saturated heterocycles. The van der Waals surface area contributed by atoms with Crippen LogP contribution < -0.4 is 0 Å². The zero-order chi connectivity index (χ0) is 16.9. The number of benzene rings is 2. The van der Waals surface area contributed by atoms with Gasteiger partial charge in [-0.2, -0.15) is 5.10 Å². The molecule has 4 nitrogen and oxygen atoms in total. The molecule has 5 heteroatoms. The van der Waals surface area contributed by atoms with Gasteiger partial charge in [0.1, 0.15) is 5.82 Å². The van der Waals surface area contributed by atoms with E-state index < -0.39 is 0 Å². The first-order valence-corrected chi connectivity index (χ1v) is 7.68. The molecule has 0 N–H and O–H groups in total. The Morgan fingerprint density at radius 1 is 1.08 bits per heavy atom. The van der Waals surface area contributed by atoms with Crippen molar-refractivity contribution >= 4 is 5.91 Å². The minimum absolute atomic E-state index is 0.147. The van der Waals surface area contributed by atoms with Gasteiger partial charge in [0.25, 0.3) is 5.91 Å². The van der Waals surface area contributed by atoms with Gasteiger partial charge in [-0.1, -0.05) is 30.3 Å². The number of hydrogen-bond donors (Lipinski definition) is 0. The van der Waals surface area contributed by atoms with Gasteiger partial charge in [-0.25, -0.2) is 4.39 Å². The minimum Gasteiger partial charge on any atom is -0.337 e. The van der Waals surface area contributed by atoms with E-state index in [0.29, 0.717) is 18.7 Å². The highest BCUT2D eigenvalue weighted by atomic mass is 19.1. The Morgan fingerprint density at radius 3 is 2.50 bits per heavy atom. The topological polar surface area (TPSA) is 38.1 Å². The molecule has 0 bridgehead atoms. The third kappa shape index (κ3) is 3.87. The number of nitrogens with zero attached hydrogens (tertiary/aromatic N) is 3. The Hall–Kier alpha value is -2.95. The number of rotatable bonds is 5. The maximum Gasteiger partial charge on any atom is 0.253 e. The molecule has 1 aromatic heterocycles. The maximum absolute atomic E-state index is 12.9. The van der Waals surface area contributed by atoms with Crippen molar-refractivity contribution < 1.29 is 9.18 Å². The van der Waals surface area contributed by atoms with E-state index in [2.05, 4.69) is 5.10 Å². The molecule has 3 rings (SSSR count). The van der Waals surface area contributed by atoms with Crippen LogP contribution in [0.4, 0.5) is 4.39 Å². The van der Waals surface area contributed by atoms with Crippen molar-refractivity contribution in [2.24, 2.45) is 0 Å². The lowest BCUT2D eigenvalue weighted by atomic mass is 10.2. The normalized spacial score (nSPS) is 10.6. The van der Waals surface area contributed by atoms with Gasteiger partial charge < -0.3 is 4.90 Å². The molecule has 1 amide bonds. The Morgan fingerprint density at radius 2 is 1.79 bits per heavy atom. The first kappa shape index (κ1) is 15.9. The predicted octanol–water partition coefficient (Wildman–Crippen LogP) is 3.34. The summed E-state index contributed by atoms with van der Waals surface area (Å²) >= 11 is 0. The summed E-state index contributed by atoms with van der Waals surface area (Å²) in [7, 11) is 1.72. The maximum atomic E-state index is 12.9. The molecule has 0 spiro atoms. The summed E-state index contributed by atoms with van der Waals surface area (Å²) < 4.78 is 14.8. The van der Waals surface area contributed by atoms with Gasteiger partial charge in [0.2, 0.25) is 0 Å². The lowest BCUT2D eigenvalue weighted by Crippen LogP contribution is -2.26. The molecule has 0 atom stereocenters. The first-order valence-electron chi connectivity index (χ1n) is 7.68. The molecule has 0 unspecified atom stereocenters. The smallest absolute Gasteiger partial charge is 0.253 e. The third-order valence-corrected chi connectivity index (χ3v) is 3.73. The highest BCUT2D eigenvalue weighted by molar-refractivity contribution is 5.93. The van der Waals surface area contributed by atoms with Crippen LogP contribution in [0.5, 0.6) is 0 Å². The van der Waals surface area contributed by atoms with Gasteiger partial charge in [0, 0.05) is 30.9 Å². The van der Waals surface area contributed by atoms with Crippen molar-refractivity contribution in [1.29, 1.82) is 0 Å². The first-order chi connectivity index (χ1) is 11.6. The number of halogens is 1. The molecule has 0 aliphatic rings. The van der Waals surface area contributed by atoms with E-state index in [1.807, 2.05) is 41.2 Å². The summed E-state index contributed by atoms with van der Waals surface area (Å²) in [6.07, 6.45) is 3.69. The molecule has 0 fully saturated rings. The van der Waals surface area contributed by atoms with Crippen molar-refractivity contribution in [3.05, 3.63) is 89.5 Å². The molecule has 0 aliphatic heterocycles. The molecule has 2 aromatic carbocycles. The molecule has 3 aromatic rings. The minimum atomic E-state index is -0.351. The van der Waals surface area contributed by atoms with Gasteiger partial charge in [-0.3, -0.25) is 9.48 Å². The van der Waals surface area contributed by atoms with Crippen molar-refractivity contribution in [2.75, 3.05) is 7.05 Å². The lowest BCUT2D eigenvalue weighted by Gasteiger charge is -2.16. The summed E-state index contributed by atoms with van der Waals surface area (Å²) in [5.41, 5.74) is 2.59. The van der Waals surface area contributed by atoms with Crippen LogP contribution in [0, 0.1) is 5.82 Å². The second kappa shape index (κ2) is 7.08. The van der Waals surface area contributed by atoms with Gasteiger partial charge in [0.15, 0.2) is 0 Å². The number of hydrogen-bond acceptors (Lipinski definition) is 2. The molecule has 24 heavy (non-hydrogen) atoms. The molecule has 122 valence electrons. The van der Waals surface area contributed by atoms with Crippen LogP contribution >= 0.6 is 0 Å². The van der Waals surface area contributed by atoms with E-state index >= 15 is 0 Å². The van der Waals surface area contributed by atoms with Crippen molar-refractivity contribution in [1.82, 2.24) is 14.7 Å². The molecular weight excluding hydrogens is 305 g/mol. The fourth-order valence-electron chi connectivity index (χ4n) is 2.50. The average Bonchev–Trinajstić information content (AvgIpc) is 3.02. The van der Waals surface area contributed by atoms with Crippen LogP contribution in [0.15, 0.2) is 67.0 Å². The SMILES string of the molecule is CN(Cc1cnn(Cc2ccccc2)c1)C(=O)c1ccc(F)cc1. The van der Waals surface area contributed by atoms with E-state index in [-0.39, 0.29) is 11.7 Å². The van der Waals surface area contributed by atoms with Crippen LogP contribution in [-0.4, -0.2) is 27.6 Å². The zero-order valence-corrected chi connectivity index (χ0v) is 13.4. The van der Waals surface area contributed by atoms with Crippen molar-refractivity contribution in [3.8, 4) is 0 Å². The Bertz CT molecular complexity index is 812. The van der Waals surface area contributed by atoms with E-state index in [0.717, 1.165) is 5.56 Å². The number of amides is 1. The van der Waals surface area contributed by atoms with E-state index in [4.69, 9.17) is 0 Å². The summed E-state index contributed by atoms with van der Waals surface area (Å²) in [4.78, 5) is 13.9. The summed E-state index contributed by atoms with van der Waals surface area (Å²) in [5.74, 6) is -0.498. The number of carbonyl (C=O) groups is 1. The molecule has 1 heterocycles. The summed E-state index contributed by atoms with van der Waals surface area (Å²) in [6, 6.07) is 15.6. The molecular formula is C19H18FN3O. The Balaban J connectivity index is 1.63. The Labute approximate surface area is 140 Å². The quantitative estimate of drug-likeness (QED) is 0.722. The summed E-state index contributed by atoms with van der Waals surface area (Å²) in [6.45, 7) is 1.14. The van der Waals surface area contributed by atoms with Crippen molar-refractivity contribution in [3.63, 3.8) is 0 Å².